The van der Waals surface area contributed by atoms with Gasteiger partial charge in [0.2, 0.25) is 11.8 Å². The summed E-state index contributed by atoms with van der Waals surface area (Å²) in [5, 5.41) is 6.34. The number of benzene rings is 2. The molecule has 0 bridgehead atoms. The predicted octanol–water partition coefficient (Wildman–Crippen LogP) is 3.05. The maximum absolute atomic E-state index is 12.8. The van der Waals surface area contributed by atoms with Gasteiger partial charge in [0.1, 0.15) is 11.8 Å². The molecule has 0 saturated carbocycles. The highest BCUT2D eigenvalue weighted by molar-refractivity contribution is 6.30. The lowest BCUT2D eigenvalue weighted by atomic mass is 10.2. The highest BCUT2D eigenvalue weighted by Gasteiger charge is 2.38. The van der Waals surface area contributed by atoms with Crippen molar-refractivity contribution in [1.82, 2.24) is 4.90 Å². The number of ether oxygens (including phenoxy) is 1. The Morgan fingerprint density at radius 2 is 1.93 bits per heavy atom. The maximum atomic E-state index is 12.8. The second-order valence-electron chi connectivity index (χ2n) is 6.44. The lowest BCUT2D eigenvalue weighted by Gasteiger charge is -2.18. The number of halogens is 1. The molecule has 1 unspecified atom stereocenters. The van der Waals surface area contributed by atoms with Crippen LogP contribution in [-0.4, -0.2) is 35.8 Å². The van der Waals surface area contributed by atoms with Crippen LogP contribution < -0.4 is 15.4 Å². The largest absolute Gasteiger partial charge is 0.495 e. The average Bonchev–Trinajstić information content (AvgIpc) is 2.91. The molecule has 28 heavy (non-hydrogen) atoms. The normalized spacial score (nSPS) is 16.2. The van der Waals surface area contributed by atoms with Crippen LogP contribution in [0.25, 0.3) is 0 Å². The molecular weight excluding hydrogens is 382 g/mol. The lowest BCUT2D eigenvalue weighted by Crippen LogP contribution is -2.34. The second-order valence-corrected chi connectivity index (χ2v) is 6.88. The van der Waals surface area contributed by atoms with E-state index in [9.17, 15) is 14.4 Å². The highest BCUT2D eigenvalue weighted by Crippen LogP contribution is 2.30. The summed E-state index contributed by atoms with van der Waals surface area (Å²) in [4.78, 5) is 37.6. The average molecular weight is 402 g/mol. The van der Waals surface area contributed by atoms with Crippen molar-refractivity contribution in [2.24, 2.45) is 0 Å². The van der Waals surface area contributed by atoms with Crippen molar-refractivity contribution >= 4 is 40.7 Å². The molecule has 2 aromatic rings. The lowest BCUT2D eigenvalue weighted by molar-refractivity contribution is -0.139. The van der Waals surface area contributed by atoms with Gasteiger partial charge in [0.05, 0.1) is 25.8 Å². The summed E-state index contributed by atoms with van der Waals surface area (Å²) >= 11 is 5.88. The summed E-state index contributed by atoms with van der Waals surface area (Å²) in [5.74, 6) is -0.274. The van der Waals surface area contributed by atoms with Gasteiger partial charge < -0.3 is 15.4 Å². The molecular formula is C20H20ClN3O4. The molecule has 0 radical (unpaired) electrons. The Morgan fingerprint density at radius 1 is 1.21 bits per heavy atom. The Morgan fingerprint density at radius 3 is 2.57 bits per heavy atom. The highest BCUT2D eigenvalue weighted by atomic mass is 35.5. The summed E-state index contributed by atoms with van der Waals surface area (Å²) in [5.41, 5.74) is 1.90. The Bertz CT molecular complexity index is 914. The number of nitrogens with zero attached hydrogens (tertiary/aromatic N) is 1. The van der Waals surface area contributed by atoms with Crippen LogP contribution in [0.5, 0.6) is 5.75 Å². The van der Waals surface area contributed by atoms with Crippen molar-refractivity contribution in [3.8, 4) is 5.75 Å². The van der Waals surface area contributed by atoms with Gasteiger partial charge in [0.25, 0.3) is 5.91 Å². The van der Waals surface area contributed by atoms with Gasteiger partial charge in [-0.1, -0.05) is 23.7 Å². The third-order valence-electron chi connectivity index (χ3n) is 4.35. The van der Waals surface area contributed by atoms with Crippen molar-refractivity contribution in [3.63, 3.8) is 0 Å². The van der Waals surface area contributed by atoms with E-state index in [2.05, 4.69) is 10.6 Å². The summed E-state index contributed by atoms with van der Waals surface area (Å²) in [6, 6.07) is 11.3. The van der Waals surface area contributed by atoms with Crippen molar-refractivity contribution in [2.45, 2.75) is 25.9 Å². The van der Waals surface area contributed by atoms with Crippen LogP contribution in [0, 0.1) is 0 Å². The van der Waals surface area contributed by atoms with E-state index in [4.69, 9.17) is 16.3 Å². The van der Waals surface area contributed by atoms with Gasteiger partial charge in [0.15, 0.2) is 0 Å². The third-order valence-corrected chi connectivity index (χ3v) is 4.60. The summed E-state index contributed by atoms with van der Waals surface area (Å²) in [6.45, 7) is 1.60. The van der Waals surface area contributed by atoms with E-state index in [0.29, 0.717) is 22.1 Å². The van der Waals surface area contributed by atoms with Gasteiger partial charge >= 0.3 is 0 Å². The molecule has 1 atom stereocenters. The summed E-state index contributed by atoms with van der Waals surface area (Å²) < 4.78 is 5.31. The number of methoxy groups -OCH3 is 1. The van der Waals surface area contributed by atoms with Crippen LogP contribution in [0.4, 0.5) is 11.4 Å². The van der Waals surface area contributed by atoms with Gasteiger partial charge in [0, 0.05) is 17.6 Å². The van der Waals surface area contributed by atoms with Gasteiger partial charge in [-0.2, -0.15) is 0 Å². The Balaban J connectivity index is 1.76. The summed E-state index contributed by atoms with van der Waals surface area (Å²) in [6.07, 6.45) is 0.0416. The second kappa shape index (κ2) is 8.31. The molecule has 146 valence electrons. The van der Waals surface area contributed by atoms with Crippen LogP contribution in [-0.2, 0) is 20.9 Å². The molecule has 1 heterocycles. The number of carbonyl (C=O) groups is 3. The monoisotopic (exact) mass is 401 g/mol. The third kappa shape index (κ3) is 4.43. The number of carbonyl (C=O) groups excluding carboxylic acids is 3. The van der Waals surface area contributed by atoms with E-state index in [1.54, 1.807) is 42.5 Å². The standard InChI is InChI=1S/C20H20ClN3O4/c1-12(25)22-15-7-8-18(28-2)16(9-15)23-17-10-19(26)24(20(17)27)11-13-3-5-14(21)6-4-13/h3-9,17,23H,10-11H2,1-2H3,(H,22,25). The molecule has 3 amide bonds. The molecule has 1 aliphatic rings. The van der Waals surface area contributed by atoms with Crippen LogP contribution in [0.2, 0.25) is 5.02 Å². The molecule has 2 N–H and O–H groups in total. The van der Waals surface area contributed by atoms with E-state index in [0.717, 1.165) is 5.56 Å². The van der Waals surface area contributed by atoms with Crippen molar-refractivity contribution < 1.29 is 19.1 Å². The first kappa shape index (κ1) is 19.7. The fourth-order valence-electron chi connectivity index (χ4n) is 3.02. The summed E-state index contributed by atoms with van der Waals surface area (Å²) in [7, 11) is 1.51. The van der Waals surface area contributed by atoms with Gasteiger partial charge in [-0.05, 0) is 35.9 Å². The zero-order chi connectivity index (χ0) is 20.3. The van der Waals surface area contributed by atoms with Gasteiger partial charge in [-0.15, -0.1) is 0 Å². The van der Waals surface area contributed by atoms with Crippen LogP contribution in [0.3, 0.4) is 0 Å². The van der Waals surface area contributed by atoms with Crippen LogP contribution in [0.15, 0.2) is 42.5 Å². The molecule has 3 rings (SSSR count). The van der Waals surface area contributed by atoms with E-state index in [-0.39, 0.29) is 30.7 Å². The van der Waals surface area contributed by atoms with Crippen LogP contribution >= 0.6 is 11.6 Å². The molecule has 0 aromatic heterocycles. The van der Waals surface area contributed by atoms with Crippen molar-refractivity contribution in [1.29, 1.82) is 0 Å². The fourth-order valence-corrected chi connectivity index (χ4v) is 3.15. The minimum Gasteiger partial charge on any atom is -0.495 e. The zero-order valence-electron chi connectivity index (χ0n) is 15.5. The molecule has 1 aliphatic heterocycles. The number of anilines is 2. The van der Waals surface area contributed by atoms with Crippen molar-refractivity contribution in [2.75, 3.05) is 17.7 Å². The van der Waals surface area contributed by atoms with Crippen molar-refractivity contribution in [3.05, 3.63) is 53.1 Å². The number of amides is 3. The molecule has 2 aromatic carbocycles. The van der Waals surface area contributed by atoms with Gasteiger partial charge in [-0.3, -0.25) is 19.3 Å². The van der Waals surface area contributed by atoms with E-state index >= 15 is 0 Å². The fraction of sp³-hybridized carbons (Fsp3) is 0.250. The van der Waals surface area contributed by atoms with E-state index in [1.807, 2.05) is 0 Å². The van der Waals surface area contributed by atoms with E-state index in [1.165, 1.54) is 18.9 Å². The molecule has 1 fully saturated rings. The zero-order valence-corrected chi connectivity index (χ0v) is 16.2. The predicted molar refractivity (Wildman–Crippen MR) is 106 cm³/mol. The Kier molecular flexibility index (Phi) is 5.84. The van der Waals surface area contributed by atoms with E-state index < -0.39 is 6.04 Å². The van der Waals surface area contributed by atoms with Gasteiger partial charge in [-0.25, -0.2) is 0 Å². The first-order valence-corrected chi connectivity index (χ1v) is 9.06. The molecule has 8 heteroatoms. The Labute approximate surface area is 167 Å². The minimum absolute atomic E-state index is 0.0416. The number of hydrogen-bond donors (Lipinski definition) is 2. The first-order valence-electron chi connectivity index (χ1n) is 8.68. The number of imide groups is 1. The number of nitrogens with one attached hydrogen (secondary N) is 2. The SMILES string of the molecule is COc1ccc(NC(C)=O)cc1NC1CC(=O)N(Cc2ccc(Cl)cc2)C1=O. The molecule has 0 aliphatic carbocycles. The number of hydrogen-bond acceptors (Lipinski definition) is 5. The smallest absolute Gasteiger partial charge is 0.252 e. The topological polar surface area (TPSA) is 87.7 Å². The number of likely N-dealkylation sites (tertiary alicyclic amines) is 1. The maximum Gasteiger partial charge on any atom is 0.252 e. The quantitative estimate of drug-likeness (QED) is 0.726. The molecule has 0 spiro atoms. The molecule has 1 saturated heterocycles. The molecule has 7 nitrogen and oxygen atoms in total. The Hall–Kier alpha value is -3.06. The minimum atomic E-state index is -0.707. The van der Waals surface area contributed by atoms with Crippen LogP contribution in [0.1, 0.15) is 18.9 Å². The number of rotatable bonds is 6. The first-order chi connectivity index (χ1) is 13.4.